The topological polar surface area (TPSA) is 48.0 Å². The van der Waals surface area contributed by atoms with Gasteiger partial charge in [-0.2, -0.15) is 0 Å². The van der Waals surface area contributed by atoms with Crippen LogP contribution < -0.4 is 0 Å². The summed E-state index contributed by atoms with van der Waals surface area (Å²) < 4.78 is 19.2. The van der Waals surface area contributed by atoms with E-state index in [2.05, 4.69) is 0 Å². The number of piperidine rings is 1. The highest BCUT2D eigenvalue weighted by Gasteiger charge is 2.45. The van der Waals surface area contributed by atoms with Crippen molar-refractivity contribution in [3.63, 3.8) is 0 Å². The molecule has 5 nitrogen and oxygen atoms in total. The molecule has 0 aliphatic carbocycles. The second-order valence-corrected chi connectivity index (χ2v) is 9.52. The fourth-order valence-corrected chi connectivity index (χ4v) is 4.69. The minimum Gasteiger partial charge on any atom is -0.369 e. The summed E-state index contributed by atoms with van der Waals surface area (Å²) in [6.07, 6.45) is -1.71. The molecule has 4 aromatic carbocycles. The molecular weight excluding hydrogens is 474 g/mol. The van der Waals surface area contributed by atoms with Gasteiger partial charge >= 0.3 is 0 Å². The maximum absolute atomic E-state index is 13.9. The number of carbonyl (C=O) groups is 1. The number of nitrogens with zero attached hydrogens (tertiary/aromatic N) is 1. The first-order valence-electron chi connectivity index (χ1n) is 13.1. The van der Waals surface area contributed by atoms with E-state index in [0.29, 0.717) is 32.9 Å². The maximum Gasteiger partial charge on any atom is 0.254 e. The van der Waals surface area contributed by atoms with Gasteiger partial charge in [-0.05, 0) is 22.3 Å². The van der Waals surface area contributed by atoms with Crippen LogP contribution in [0.3, 0.4) is 0 Å². The van der Waals surface area contributed by atoms with Crippen LogP contribution in [0.2, 0.25) is 0 Å². The van der Waals surface area contributed by atoms with Crippen LogP contribution in [0.25, 0.3) is 0 Å². The molecule has 0 aromatic heterocycles. The molecule has 1 saturated heterocycles. The van der Waals surface area contributed by atoms with E-state index in [4.69, 9.17) is 14.2 Å². The summed E-state index contributed by atoms with van der Waals surface area (Å²) in [6, 6.07) is 40.0. The van der Waals surface area contributed by atoms with Crippen molar-refractivity contribution < 1.29 is 19.0 Å². The molecule has 0 N–H and O–H groups in total. The number of hydrogen-bond acceptors (Lipinski definition) is 4. The molecule has 194 valence electrons. The Balaban J connectivity index is 1.40. The average molecular weight is 508 g/mol. The standard InChI is InChI=1S/C33H33NO4/c35-33-32(38-25-29-19-11-4-12-20-29)31(37-24-28-17-9-3-10-18-28)30(36-23-27-15-7-2-8-16-27)22-34(33)21-26-13-5-1-6-14-26/h1-20,30-32H,21-25H2/t30-,31+,32-/m0/s1. The van der Waals surface area contributed by atoms with Crippen LogP contribution in [0.15, 0.2) is 121 Å². The van der Waals surface area contributed by atoms with Crippen molar-refractivity contribution >= 4 is 5.91 Å². The molecule has 1 aliphatic rings. The number of benzene rings is 4. The number of likely N-dealkylation sites (tertiary alicyclic amines) is 1. The van der Waals surface area contributed by atoms with Gasteiger partial charge in [0.15, 0.2) is 6.10 Å². The van der Waals surface area contributed by atoms with Crippen molar-refractivity contribution in [2.24, 2.45) is 0 Å². The zero-order valence-electron chi connectivity index (χ0n) is 21.4. The largest absolute Gasteiger partial charge is 0.369 e. The van der Waals surface area contributed by atoms with E-state index in [1.54, 1.807) is 0 Å². The lowest BCUT2D eigenvalue weighted by Crippen LogP contribution is -2.60. The molecule has 0 unspecified atom stereocenters. The highest BCUT2D eigenvalue weighted by molar-refractivity contribution is 5.83. The first-order valence-corrected chi connectivity index (χ1v) is 13.1. The lowest BCUT2D eigenvalue weighted by Gasteiger charge is -2.42. The smallest absolute Gasteiger partial charge is 0.254 e. The van der Waals surface area contributed by atoms with Crippen LogP contribution in [0.1, 0.15) is 22.3 Å². The fraction of sp³-hybridized carbons (Fsp3) is 0.242. The Morgan fingerprint density at radius 3 is 1.47 bits per heavy atom. The minimum atomic E-state index is -0.794. The van der Waals surface area contributed by atoms with Gasteiger partial charge in [0, 0.05) is 13.1 Å². The first kappa shape index (κ1) is 25.9. The number of amides is 1. The number of ether oxygens (including phenoxy) is 3. The van der Waals surface area contributed by atoms with E-state index in [0.717, 1.165) is 22.3 Å². The molecule has 38 heavy (non-hydrogen) atoms. The molecule has 0 bridgehead atoms. The van der Waals surface area contributed by atoms with Gasteiger partial charge in [0.2, 0.25) is 0 Å². The SMILES string of the molecule is O=C1[C@@H](OCc2ccccc2)[C@H](OCc2ccccc2)[C@@H](OCc2ccccc2)CN1Cc1ccccc1. The predicted octanol–water partition coefficient (Wildman–Crippen LogP) is 5.79. The van der Waals surface area contributed by atoms with Crippen molar-refractivity contribution in [1.29, 1.82) is 0 Å². The highest BCUT2D eigenvalue weighted by Crippen LogP contribution is 2.26. The molecule has 1 fully saturated rings. The zero-order valence-corrected chi connectivity index (χ0v) is 21.4. The van der Waals surface area contributed by atoms with E-state index in [1.807, 2.05) is 126 Å². The van der Waals surface area contributed by atoms with E-state index < -0.39 is 12.2 Å². The Labute approximate surface area is 224 Å². The Morgan fingerprint density at radius 1 is 0.553 bits per heavy atom. The third kappa shape index (κ3) is 6.95. The average Bonchev–Trinajstić information content (AvgIpc) is 2.98. The van der Waals surface area contributed by atoms with Crippen LogP contribution in [0, 0.1) is 0 Å². The summed E-state index contributed by atoms with van der Waals surface area (Å²) in [5, 5.41) is 0. The van der Waals surface area contributed by atoms with Gasteiger partial charge in [0.1, 0.15) is 12.2 Å². The third-order valence-corrected chi connectivity index (χ3v) is 6.70. The number of rotatable bonds is 11. The molecule has 0 radical (unpaired) electrons. The van der Waals surface area contributed by atoms with Gasteiger partial charge in [-0.15, -0.1) is 0 Å². The minimum absolute atomic E-state index is 0.0811. The zero-order chi connectivity index (χ0) is 26.0. The summed E-state index contributed by atoms with van der Waals surface area (Å²) in [7, 11) is 0. The van der Waals surface area contributed by atoms with Crippen LogP contribution >= 0.6 is 0 Å². The molecule has 4 aromatic rings. The van der Waals surface area contributed by atoms with Crippen molar-refractivity contribution in [3.05, 3.63) is 144 Å². The normalized spacial score (nSPS) is 19.4. The Morgan fingerprint density at radius 2 is 0.974 bits per heavy atom. The molecule has 3 atom stereocenters. The Bertz CT molecular complexity index is 1250. The molecular formula is C33H33NO4. The van der Waals surface area contributed by atoms with Crippen molar-refractivity contribution in [3.8, 4) is 0 Å². The highest BCUT2D eigenvalue weighted by atomic mass is 16.6. The molecule has 1 heterocycles. The number of carbonyl (C=O) groups excluding carboxylic acids is 1. The maximum atomic E-state index is 13.9. The van der Waals surface area contributed by atoms with E-state index in [9.17, 15) is 4.79 Å². The lowest BCUT2D eigenvalue weighted by molar-refractivity contribution is -0.197. The van der Waals surface area contributed by atoms with Gasteiger partial charge in [-0.1, -0.05) is 121 Å². The van der Waals surface area contributed by atoms with Crippen LogP contribution in [0.4, 0.5) is 0 Å². The fourth-order valence-electron chi connectivity index (χ4n) is 4.69. The Kier molecular flexibility index (Phi) is 8.95. The molecule has 0 saturated carbocycles. The quantitative estimate of drug-likeness (QED) is 0.258. The second-order valence-electron chi connectivity index (χ2n) is 9.52. The van der Waals surface area contributed by atoms with E-state index >= 15 is 0 Å². The predicted molar refractivity (Wildman–Crippen MR) is 147 cm³/mol. The van der Waals surface area contributed by atoms with Crippen LogP contribution in [0.5, 0.6) is 0 Å². The summed E-state index contributed by atoms with van der Waals surface area (Å²) in [5.74, 6) is -0.0811. The van der Waals surface area contributed by atoms with Gasteiger partial charge in [-0.3, -0.25) is 4.79 Å². The summed E-state index contributed by atoms with van der Waals surface area (Å²) in [4.78, 5) is 15.7. The molecule has 5 heteroatoms. The monoisotopic (exact) mass is 507 g/mol. The van der Waals surface area contributed by atoms with Crippen LogP contribution in [-0.2, 0) is 45.4 Å². The molecule has 1 aliphatic heterocycles. The summed E-state index contributed by atoms with van der Waals surface area (Å²) in [5.41, 5.74) is 4.18. The van der Waals surface area contributed by atoms with Gasteiger partial charge in [0.25, 0.3) is 5.91 Å². The van der Waals surface area contributed by atoms with Gasteiger partial charge < -0.3 is 19.1 Å². The Hall–Kier alpha value is -3.77. The van der Waals surface area contributed by atoms with Crippen molar-refractivity contribution in [2.75, 3.05) is 6.54 Å². The van der Waals surface area contributed by atoms with Gasteiger partial charge in [0.05, 0.1) is 19.8 Å². The van der Waals surface area contributed by atoms with E-state index in [1.165, 1.54) is 0 Å². The number of hydrogen-bond donors (Lipinski definition) is 0. The lowest BCUT2D eigenvalue weighted by atomic mass is 9.99. The molecule has 1 amide bonds. The van der Waals surface area contributed by atoms with E-state index in [-0.39, 0.29) is 12.0 Å². The van der Waals surface area contributed by atoms with Crippen molar-refractivity contribution in [2.45, 2.75) is 44.7 Å². The first-order chi connectivity index (χ1) is 18.8. The second kappa shape index (κ2) is 13.2. The van der Waals surface area contributed by atoms with Gasteiger partial charge in [-0.25, -0.2) is 0 Å². The third-order valence-electron chi connectivity index (χ3n) is 6.70. The summed E-state index contributed by atoms with van der Waals surface area (Å²) >= 11 is 0. The van der Waals surface area contributed by atoms with Crippen molar-refractivity contribution in [1.82, 2.24) is 4.90 Å². The molecule has 0 spiro atoms. The molecule has 5 rings (SSSR count). The van der Waals surface area contributed by atoms with Crippen LogP contribution in [-0.4, -0.2) is 35.7 Å². The summed E-state index contributed by atoms with van der Waals surface area (Å²) in [6.45, 7) is 2.02.